The maximum absolute atomic E-state index is 4.87. The Labute approximate surface area is 75.7 Å². The topological polar surface area (TPSA) is 9.23 Å². The van der Waals surface area contributed by atoms with E-state index < -0.39 is 0 Å². The molecule has 0 atom stereocenters. The largest absolute Gasteiger partial charge is 0.497 e. The van der Waals surface area contributed by atoms with Crippen LogP contribution in [-0.4, -0.2) is 6.61 Å². The molecule has 1 nitrogen and oxygen atoms in total. The molecule has 0 heterocycles. The van der Waals surface area contributed by atoms with Gasteiger partial charge in [0.2, 0.25) is 0 Å². The molecule has 0 saturated carbocycles. The van der Waals surface area contributed by atoms with E-state index in [0.29, 0.717) is 6.61 Å². The number of allylic oxidation sites excluding steroid dienone is 2. The average Bonchev–Trinajstić information content (AvgIpc) is 2.14. The van der Waals surface area contributed by atoms with Gasteiger partial charge in [-0.2, -0.15) is 0 Å². The van der Waals surface area contributed by atoms with E-state index in [1.807, 2.05) is 26.0 Å². The molecule has 0 aromatic carbocycles. The minimum Gasteiger partial charge on any atom is -0.497 e. The molecule has 0 unspecified atom stereocenters. The summed E-state index contributed by atoms with van der Waals surface area (Å²) in [5, 5.41) is 0. The van der Waals surface area contributed by atoms with Crippen LogP contribution in [-0.2, 0) is 4.74 Å². The van der Waals surface area contributed by atoms with Gasteiger partial charge in [0.25, 0.3) is 0 Å². The van der Waals surface area contributed by atoms with Crippen LogP contribution in [0, 0.1) is 0 Å². The van der Waals surface area contributed by atoms with Crippen molar-refractivity contribution in [1.29, 1.82) is 0 Å². The van der Waals surface area contributed by atoms with E-state index in [0.717, 1.165) is 5.57 Å². The summed E-state index contributed by atoms with van der Waals surface area (Å²) in [6.07, 6.45) is 6.75. The number of rotatable bonds is 5. The normalized spacial score (nSPS) is 8.17. The Morgan fingerprint density at radius 3 is 2.33 bits per heavy atom. The maximum Gasteiger partial charge on any atom is 0.112 e. The second-order valence-electron chi connectivity index (χ2n) is 1.73. The number of hydrogen-bond acceptors (Lipinski definition) is 1. The molecular formula is C11H18O. The first kappa shape index (κ1) is 13.4. The summed E-state index contributed by atoms with van der Waals surface area (Å²) in [5.41, 5.74) is 0.903. The fraction of sp³-hybridized carbons (Fsp3) is 0.273. The monoisotopic (exact) mass is 166 g/mol. The van der Waals surface area contributed by atoms with Gasteiger partial charge in [0.05, 0.1) is 6.26 Å². The first-order chi connectivity index (χ1) is 5.81. The van der Waals surface area contributed by atoms with Gasteiger partial charge in [-0.1, -0.05) is 51.8 Å². The van der Waals surface area contributed by atoms with E-state index in [2.05, 4.69) is 19.7 Å². The Kier molecular flexibility index (Phi) is 13.8. The van der Waals surface area contributed by atoms with Gasteiger partial charge in [0, 0.05) is 0 Å². The van der Waals surface area contributed by atoms with E-state index in [1.165, 1.54) is 6.26 Å². The lowest BCUT2D eigenvalue weighted by Crippen LogP contribution is -1.86. The molecule has 0 aromatic heterocycles. The lowest BCUT2D eigenvalue weighted by Gasteiger charge is -1.97. The molecule has 1 heteroatoms. The van der Waals surface area contributed by atoms with Gasteiger partial charge in [-0.25, -0.2) is 0 Å². The smallest absolute Gasteiger partial charge is 0.112 e. The lowest BCUT2D eigenvalue weighted by atomic mass is 10.3. The molecule has 68 valence electrons. The van der Waals surface area contributed by atoms with E-state index in [1.54, 1.807) is 6.08 Å². The minimum atomic E-state index is 0.494. The first-order valence-electron chi connectivity index (χ1n) is 4.00. The zero-order chi connectivity index (χ0) is 9.82. The zero-order valence-electron chi connectivity index (χ0n) is 8.05. The predicted octanol–water partition coefficient (Wildman–Crippen LogP) is 3.47. The molecule has 0 rings (SSSR count). The van der Waals surface area contributed by atoms with Crippen molar-refractivity contribution in [1.82, 2.24) is 0 Å². The molecule has 0 amide bonds. The van der Waals surface area contributed by atoms with Crippen molar-refractivity contribution >= 4 is 0 Å². The van der Waals surface area contributed by atoms with E-state index in [-0.39, 0.29) is 0 Å². The molecule has 0 radical (unpaired) electrons. The summed E-state index contributed by atoms with van der Waals surface area (Å²) in [4.78, 5) is 0. The van der Waals surface area contributed by atoms with Crippen LogP contribution in [0.25, 0.3) is 0 Å². The fourth-order valence-corrected chi connectivity index (χ4v) is 0.418. The Morgan fingerprint density at radius 1 is 1.33 bits per heavy atom. The number of ether oxygens (including phenoxy) is 1. The van der Waals surface area contributed by atoms with Gasteiger partial charge in [0.15, 0.2) is 0 Å². The Hall–Kier alpha value is -1.24. The van der Waals surface area contributed by atoms with Crippen molar-refractivity contribution in [3.8, 4) is 0 Å². The zero-order valence-corrected chi connectivity index (χ0v) is 8.05. The Morgan fingerprint density at radius 2 is 1.92 bits per heavy atom. The summed E-state index contributed by atoms with van der Waals surface area (Å²) in [6.45, 7) is 15.1. The van der Waals surface area contributed by atoms with Gasteiger partial charge in [-0.3, -0.25) is 0 Å². The van der Waals surface area contributed by atoms with Crippen molar-refractivity contribution in [2.45, 2.75) is 13.8 Å². The third-order valence-electron chi connectivity index (χ3n) is 0.855. The van der Waals surface area contributed by atoms with E-state index >= 15 is 0 Å². The summed E-state index contributed by atoms with van der Waals surface area (Å²) in [5.74, 6) is 0. The predicted molar refractivity (Wildman–Crippen MR) is 56.0 cm³/mol. The highest BCUT2D eigenvalue weighted by molar-refractivity contribution is 5.18. The van der Waals surface area contributed by atoms with Crippen LogP contribution in [0.2, 0.25) is 0 Å². The van der Waals surface area contributed by atoms with Crippen LogP contribution >= 0.6 is 0 Å². The Bertz CT molecular complexity index is 154. The first-order valence-corrected chi connectivity index (χ1v) is 4.00. The molecule has 0 saturated heterocycles. The van der Waals surface area contributed by atoms with E-state index in [9.17, 15) is 0 Å². The van der Waals surface area contributed by atoms with Crippen LogP contribution in [0.3, 0.4) is 0 Å². The summed E-state index contributed by atoms with van der Waals surface area (Å²) in [7, 11) is 0. The van der Waals surface area contributed by atoms with Gasteiger partial charge in [-0.05, 0) is 5.57 Å². The number of hydrogen-bond donors (Lipinski definition) is 0. The van der Waals surface area contributed by atoms with Crippen molar-refractivity contribution < 1.29 is 4.74 Å². The van der Waals surface area contributed by atoms with Crippen LogP contribution in [0.15, 0.2) is 49.8 Å². The van der Waals surface area contributed by atoms with Crippen molar-refractivity contribution in [2.24, 2.45) is 0 Å². The van der Waals surface area contributed by atoms with Gasteiger partial charge >= 0.3 is 0 Å². The van der Waals surface area contributed by atoms with Crippen LogP contribution in [0.4, 0.5) is 0 Å². The Balaban J connectivity index is 0. The highest BCUT2D eigenvalue weighted by atomic mass is 16.5. The standard InChI is InChI=1S/C9H12O.C2H6/c1-4-6-7-9(3)8-10-5-2;1-2/h4-7H,1-3,8H2;1-2H3/b7-6-;. The molecule has 12 heavy (non-hydrogen) atoms. The maximum atomic E-state index is 4.87. The van der Waals surface area contributed by atoms with Crippen molar-refractivity contribution in [3.05, 3.63) is 49.8 Å². The average molecular weight is 166 g/mol. The van der Waals surface area contributed by atoms with E-state index in [4.69, 9.17) is 4.74 Å². The van der Waals surface area contributed by atoms with Crippen LogP contribution < -0.4 is 0 Å². The molecule has 0 bridgehead atoms. The third kappa shape index (κ3) is 11.5. The van der Waals surface area contributed by atoms with Gasteiger partial charge in [0.1, 0.15) is 6.61 Å². The minimum absolute atomic E-state index is 0.494. The second-order valence-corrected chi connectivity index (χ2v) is 1.73. The summed E-state index contributed by atoms with van der Waals surface area (Å²) >= 11 is 0. The fourth-order valence-electron chi connectivity index (χ4n) is 0.418. The van der Waals surface area contributed by atoms with Crippen molar-refractivity contribution in [3.63, 3.8) is 0 Å². The molecule has 0 spiro atoms. The van der Waals surface area contributed by atoms with Gasteiger partial charge < -0.3 is 4.74 Å². The highest BCUT2D eigenvalue weighted by Crippen LogP contribution is 1.93. The summed E-state index contributed by atoms with van der Waals surface area (Å²) < 4.78 is 4.87. The highest BCUT2D eigenvalue weighted by Gasteiger charge is 1.83. The summed E-state index contributed by atoms with van der Waals surface area (Å²) in [6, 6.07) is 0. The quantitative estimate of drug-likeness (QED) is 0.449. The SMILES string of the molecule is C=C/C=C\C(=C)COC=C.CC. The molecule has 0 aliphatic heterocycles. The molecule has 0 aliphatic rings. The molecule has 0 fully saturated rings. The van der Waals surface area contributed by atoms with Crippen molar-refractivity contribution in [2.75, 3.05) is 6.61 Å². The lowest BCUT2D eigenvalue weighted by molar-refractivity contribution is 0.285. The van der Waals surface area contributed by atoms with Gasteiger partial charge in [-0.15, -0.1) is 0 Å². The third-order valence-corrected chi connectivity index (χ3v) is 0.855. The second kappa shape index (κ2) is 12.4. The molecule has 0 aromatic rings. The molecule has 0 aliphatic carbocycles. The van der Waals surface area contributed by atoms with Crippen LogP contribution in [0.5, 0.6) is 0 Å². The van der Waals surface area contributed by atoms with Crippen LogP contribution in [0.1, 0.15) is 13.8 Å². The molecular weight excluding hydrogens is 148 g/mol. The molecule has 0 N–H and O–H groups in total.